The summed E-state index contributed by atoms with van der Waals surface area (Å²) in [5, 5.41) is 37.4. The standard InChI is InChI=1S/C23H20ClFN10O/c1-32-27-10-18(29-32)16-9-28-33(11-16)21(8-14-2-3-14)19-6-4-15(12-35(19)36)22-20(34-13-26-30-31-34)7-5-17(24)23(22)25/h4-7,9-14,21H,2-3,8H2,1H3. The van der Waals surface area contributed by atoms with Gasteiger partial charge in [-0.25, -0.2) is 4.39 Å². The molecule has 0 N–H and O–H groups in total. The molecule has 4 aromatic heterocycles. The zero-order valence-corrected chi connectivity index (χ0v) is 19.9. The van der Waals surface area contributed by atoms with Gasteiger partial charge in [0.05, 0.1) is 34.2 Å². The largest absolute Gasteiger partial charge is 0.618 e. The highest BCUT2D eigenvalue weighted by atomic mass is 35.5. The molecule has 4 heterocycles. The normalized spacial score (nSPS) is 14.3. The number of aromatic nitrogens is 10. The number of aryl methyl sites for hydroxylation is 1. The van der Waals surface area contributed by atoms with E-state index in [0.717, 1.165) is 29.6 Å². The molecule has 0 radical (unpaired) electrons. The first-order chi connectivity index (χ1) is 17.5. The van der Waals surface area contributed by atoms with E-state index in [-0.39, 0.29) is 16.6 Å². The van der Waals surface area contributed by atoms with E-state index < -0.39 is 5.82 Å². The van der Waals surface area contributed by atoms with Crippen LogP contribution in [0.2, 0.25) is 5.02 Å². The van der Waals surface area contributed by atoms with Gasteiger partial charge in [0, 0.05) is 24.9 Å². The lowest BCUT2D eigenvalue weighted by Gasteiger charge is -2.18. The quantitative estimate of drug-likeness (QED) is 0.246. The fourth-order valence-corrected chi connectivity index (χ4v) is 4.49. The van der Waals surface area contributed by atoms with Gasteiger partial charge in [0.25, 0.3) is 0 Å². The number of nitrogens with zero attached hydrogens (tertiary/aromatic N) is 10. The van der Waals surface area contributed by atoms with Crippen molar-refractivity contribution < 1.29 is 9.12 Å². The lowest BCUT2D eigenvalue weighted by molar-refractivity contribution is -0.615. The number of hydrogen-bond donors (Lipinski definition) is 0. The second kappa shape index (κ2) is 8.79. The van der Waals surface area contributed by atoms with Gasteiger partial charge in [-0.1, -0.05) is 24.4 Å². The van der Waals surface area contributed by atoms with E-state index in [0.29, 0.717) is 28.6 Å². The molecule has 6 rings (SSSR count). The van der Waals surface area contributed by atoms with Gasteiger partial charge in [0.15, 0.2) is 12.0 Å². The van der Waals surface area contributed by atoms with E-state index >= 15 is 4.39 Å². The maximum absolute atomic E-state index is 15.2. The topological polar surface area (TPSA) is 119 Å². The fourth-order valence-electron chi connectivity index (χ4n) is 4.33. The van der Waals surface area contributed by atoms with Crippen LogP contribution in [0.3, 0.4) is 0 Å². The minimum absolute atomic E-state index is 0.0666. The van der Waals surface area contributed by atoms with Crippen molar-refractivity contribution in [3.8, 4) is 28.1 Å². The molecule has 0 bridgehead atoms. The third-order valence-electron chi connectivity index (χ3n) is 6.31. The van der Waals surface area contributed by atoms with Crippen molar-refractivity contribution in [3.63, 3.8) is 0 Å². The fraction of sp³-hybridized carbons (Fsp3) is 0.261. The van der Waals surface area contributed by atoms with Crippen molar-refractivity contribution in [1.29, 1.82) is 0 Å². The molecule has 1 saturated carbocycles. The number of halogens is 2. The van der Waals surface area contributed by atoms with E-state index in [1.807, 2.05) is 6.20 Å². The predicted molar refractivity (Wildman–Crippen MR) is 126 cm³/mol. The summed E-state index contributed by atoms with van der Waals surface area (Å²) in [4.78, 5) is 1.48. The molecule has 0 amide bonds. The first-order valence-corrected chi connectivity index (χ1v) is 11.7. The van der Waals surface area contributed by atoms with E-state index in [1.54, 1.807) is 42.3 Å². The third kappa shape index (κ3) is 4.09. The second-order valence-electron chi connectivity index (χ2n) is 8.80. The zero-order chi connectivity index (χ0) is 24.8. The molecule has 1 aromatic carbocycles. The Hall–Kier alpha value is -4.19. The number of benzene rings is 1. The summed E-state index contributed by atoms with van der Waals surface area (Å²) < 4.78 is 19.1. The monoisotopic (exact) mass is 506 g/mol. The average molecular weight is 507 g/mol. The average Bonchev–Trinajstić information content (AvgIpc) is 3.26. The minimum atomic E-state index is -0.660. The van der Waals surface area contributed by atoms with Crippen molar-refractivity contribution >= 4 is 11.6 Å². The summed E-state index contributed by atoms with van der Waals surface area (Å²) in [6.07, 6.45) is 11.0. The lowest BCUT2D eigenvalue weighted by atomic mass is 10.0. The number of hydrogen-bond acceptors (Lipinski definition) is 7. The Labute approximate surface area is 209 Å². The van der Waals surface area contributed by atoms with Crippen molar-refractivity contribution in [2.45, 2.75) is 25.3 Å². The Bertz CT molecular complexity index is 1540. The summed E-state index contributed by atoms with van der Waals surface area (Å²) in [6, 6.07) is 6.16. The SMILES string of the molecule is Cn1ncc(-c2cnn(C(CC3CC3)c3ccc(-c4c(-n5cnnn5)ccc(Cl)c4F)c[n+]3[O-])c2)n1. The molecule has 13 heteroatoms. The molecule has 1 fully saturated rings. The van der Waals surface area contributed by atoms with Gasteiger partial charge in [-0.2, -0.15) is 29.5 Å². The highest BCUT2D eigenvalue weighted by molar-refractivity contribution is 6.31. The molecule has 5 aromatic rings. The van der Waals surface area contributed by atoms with E-state index in [4.69, 9.17) is 11.6 Å². The van der Waals surface area contributed by atoms with Crippen LogP contribution >= 0.6 is 11.6 Å². The van der Waals surface area contributed by atoms with Crippen LogP contribution in [0, 0.1) is 16.9 Å². The molecule has 1 aliphatic rings. The summed E-state index contributed by atoms with van der Waals surface area (Å²) in [5.74, 6) is -0.136. The maximum Gasteiger partial charge on any atom is 0.217 e. The molecule has 0 saturated heterocycles. The van der Waals surface area contributed by atoms with Crippen LogP contribution in [-0.2, 0) is 7.05 Å². The summed E-state index contributed by atoms with van der Waals surface area (Å²) in [7, 11) is 1.75. The van der Waals surface area contributed by atoms with Gasteiger partial charge >= 0.3 is 0 Å². The van der Waals surface area contributed by atoms with Crippen LogP contribution < -0.4 is 4.73 Å². The Morgan fingerprint density at radius 3 is 2.72 bits per heavy atom. The molecule has 1 unspecified atom stereocenters. The first kappa shape index (κ1) is 22.3. The molecule has 36 heavy (non-hydrogen) atoms. The smallest absolute Gasteiger partial charge is 0.217 e. The Kier molecular flexibility index (Phi) is 5.44. The number of tetrazole rings is 1. The van der Waals surface area contributed by atoms with Crippen LogP contribution in [0.5, 0.6) is 0 Å². The maximum atomic E-state index is 15.2. The molecule has 11 nitrogen and oxygen atoms in total. The van der Waals surface area contributed by atoms with Crippen molar-refractivity contribution in [2.75, 3.05) is 0 Å². The molecular formula is C23H20ClFN10O. The van der Waals surface area contributed by atoms with Gasteiger partial charge in [-0.15, -0.1) is 5.10 Å². The number of rotatable bonds is 7. The molecule has 182 valence electrons. The van der Waals surface area contributed by atoms with E-state index in [2.05, 4.69) is 30.8 Å². The van der Waals surface area contributed by atoms with Crippen molar-refractivity contribution in [1.82, 2.24) is 45.0 Å². The Balaban J connectivity index is 1.40. The van der Waals surface area contributed by atoms with Gasteiger partial charge in [0.2, 0.25) is 5.69 Å². The molecule has 1 atom stereocenters. The van der Waals surface area contributed by atoms with Gasteiger partial charge < -0.3 is 5.21 Å². The lowest BCUT2D eigenvalue weighted by Crippen LogP contribution is -2.35. The van der Waals surface area contributed by atoms with Crippen LogP contribution in [0.15, 0.2) is 55.4 Å². The summed E-state index contributed by atoms with van der Waals surface area (Å²) >= 11 is 6.07. The molecular weight excluding hydrogens is 487 g/mol. The van der Waals surface area contributed by atoms with Gasteiger partial charge in [-0.05, 0) is 41.0 Å². The highest BCUT2D eigenvalue weighted by Crippen LogP contribution is 2.39. The third-order valence-corrected chi connectivity index (χ3v) is 6.60. The van der Waals surface area contributed by atoms with Crippen molar-refractivity contribution in [2.24, 2.45) is 13.0 Å². The van der Waals surface area contributed by atoms with Crippen molar-refractivity contribution in [3.05, 3.63) is 77.1 Å². The van der Waals surface area contributed by atoms with Gasteiger partial charge in [-0.3, -0.25) is 4.68 Å². The zero-order valence-electron chi connectivity index (χ0n) is 19.1. The number of pyridine rings is 1. The Morgan fingerprint density at radius 2 is 2.03 bits per heavy atom. The van der Waals surface area contributed by atoms with Crippen LogP contribution in [0.25, 0.3) is 28.1 Å². The highest BCUT2D eigenvalue weighted by Gasteiger charge is 2.32. The second-order valence-corrected chi connectivity index (χ2v) is 9.21. The van der Waals surface area contributed by atoms with E-state index in [1.165, 1.54) is 28.1 Å². The van der Waals surface area contributed by atoms with Gasteiger partial charge in [0.1, 0.15) is 18.1 Å². The van der Waals surface area contributed by atoms with Crippen LogP contribution in [0.4, 0.5) is 4.39 Å². The van der Waals surface area contributed by atoms with E-state index in [9.17, 15) is 5.21 Å². The summed E-state index contributed by atoms with van der Waals surface area (Å²) in [6.45, 7) is 0. The molecule has 0 spiro atoms. The molecule has 1 aliphatic carbocycles. The first-order valence-electron chi connectivity index (χ1n) is 11.3. The van der Waals surface area contributed by atoms with Crippen LogP contribution in [-0.4, -0.2) is 45.0 Å². The molecule has 0 aliphatic heterocycles. The Morgan fingerprint density at radius 1 is 1.17 bits per heavy atom. The van der Waals surface area contributed by atoms with Crippen LogP contribution in [0.1, 0.15) is 31.0 Å². The summed E-state index contributed by atoms with van der Waals surface area (Å²) in [5.41, 5.74) is 2.87. The minimum Gasteiger partial charge on any atom is -0.618 e. The predicted octanol–water partition coefficient (Wildman–Crippen LogP) is 3.14.